The average molecular weight is 284 g/mol. The van der Waals surface area contributed by atoms with Crippen LogP contribution in [0.25, 0.3) is 0 Å². The van der Waals surface area contributed by atoms with Crippen molar-refractivity contribution in [2.45, 2.75) is 19.3 Å². The standard InChI is InChI=1S/C13H17N3O2.ClH/c14-10-5-1-2-6-11(10)15-12(17)9-16-8-4-3-7-13(16)18;/h1-2,5-6H,3-4,7-9,14H2,(H,15,17);1H. The predicted molar refractivity (Wildman–Crippen MR) is 77.2 cm³/mol. The third kappa shape index (κ3) is 4.13. The molecule has 1 aliphatic rings. The second kappa shape index (κ2) is 6.99. The van der Waals surface area contributed by atoms with Crippen molar-refractivity contribution in [1.82, 2.24) is 4.90 Å². The molecule has 1 saturated heterocycles. The highest BCUT2D eigenvalue weighted by Crippen LogP contribution is 2.17. The lowest BCUT2D eigenvalue weighted by atomic mass is 10.1. The number of benzene rings is 1. The molecule has 2 amide bonds. The van der Waals surface area contributed by atoms with Gasteiger partial charge >= 0.3 is 0 Å². The number of nitrogens with zero attached hydrogens (tertiary/aromatic N) is 1. The summed E-state index contributed by atoms with van der Waals surface area (Å²) in [5.74, 6) is -0.152. The maximum Gasteiger partial charge on any atom is 0.244 e. The van der Waals surface area contributed by atoms with Crippen LogP contribution in [-0.2, 0) is 9.59 Å². The lowest BCUT2D eigenvalue weighted by Crippen LogP contribution is -2.40. The average Bonchev–Trinajstić information content (AvgIpc) is 2.35. The molecule has 1 fully saturated rings. The number of hydrogen-bond acceptors (Lipinski definition) is 3. The second-order valence-corrected chi connectivity index (χ2v) is 4.41. The smallest absolute Gasteiger partial charge is 0.244 e. The number of halogens is 1. The molecule has 0 aromatic heterocycles. The van der Waals surface area contributed by atoms with E-state index in [0.29, 0.717) is 24.3 Å². The van der Waals surface area contributed by atoms with Crippen LogP contribution in [0.3, 0.4) is 0 Å². The Bertz CT molecular complexity index is 465. The molecule has 0 radical (unpaired) electrons. The van der Waals surface area contributed by atoms with Crippen molar-refractivity contribution in [2.75, 3.05) is 24.1 Å². The van der Waals surface area contributed by atoms with Crippen molar-refractivity contribution in [3.05, 3.63) is 24.3 Å². The number of piperidine rings is 1. The Morgan fingerprint density at radius 1 is 1.32 bits per heavy atom. The van der Waals surface area contributed by atoms with Crippen molar-refractivity contribution in [3.8, 4) is 0 Å². The Balaban J connectivity index is 0.00000180. The summed E-state index contributed by atoms with van der Waals surface area (Å²) in [5, 5.41) is 2.72. The van der Waals surface area contributed by atoms with Crippen LogP contribution >= 0.6 is 12.4 Å². The van der Waals surface area contributed by atoms with Gasteiger partial charge in [-0.05, 0) is 25.0 Å². The summed E-state index contributed by atoms with van der Waals surface area (Å²) in [7, 11) is 0. The van der Waals surface area contributed by atoms with E-state index in [-0.39, 0.29) is 30.8 Å². The van der Waals surface area contributed by atoms with Crippen molar-refractivity contribution in [1.29, 1.82) is 0 Å². The number of carbonyl (C=O) groups excluding carboxylic acids is 2. The Kier molecular flexibility index (Phi) is 5.63. The van der Waals surface area contributed by atoms with Crippen LogP contribution in [0.5, 0.6) is 0 Å². The molecule has 0 saturated carbocycles. The quantitative estimate of drug-likeness (QED) is 0.828. The molecule has 2 rings (SSSR count). The zero-order valence-corrected chi connectivity index (χ0v) is 11.4. The van der Waals surface area contributed by atoms with Gasteiger partial charge in [0.1, 0.15) is 0 Å². The lowest BCUT2D eigenvalue weighted by molar-refractivity contribution is -0.136. The highest BCUT2D eigenvalue weighted by atomic mass is 35.5. The van der Waals surface area contributed by atoms with Gasteiger partial charge in [-0.2, -0.15) is 0 Å². The van der Waals surface area contributed by atoms with E-state index in [4.69, 9.17) is 5.73 Å². The maximum absolute atomic E-state index is 11.8. The van der Waals surface area contributed by atoms with Gasteiger partial charge in [0, 0.05) is 13.0 Å². The molecule has 1 aliphatic heterocycles. The summed E-state index contributed by atoms with van der Waals surface area (Å²) >= 11 is 0. The number of nitrogens with one attached hydrogen (secondary N) is 1. The topological polar surface area (TPSA) is 75.4 Å². The summed E-state index contributed by atoms with van der Waals surface area (Å²) in [6.45, 7) is 0.768. The molecule has 5 nitrogen and oxygen atoms in total. The van der Waals surface area contributed by atoms with Gasteiger partial charge in [0.15, 0.2) is 0 Å². The summed E-state index contributed by atoms with van der Waals surface area (Å²) in [4.78, 5) is 25.0. The highest BCUT2D eigenvalue weighted by molar-refractivity contribution is 5.96. The molecule has 6 heteroatoms. The van der Waals surface area contributed by atoms with Crippen molar-refractivity contribution in [2.24, 2.45) is 0 Å². The first-order valence-corrected chi connectivity index (χ1v) is 6.09. The minimum absolute atomic E-state index is 0. The maximum atomic E-state index is 11.8. The van der Waals surface area contributed by atoms with E-state index in [2.05, 4.69) is 5.32 Å². The monoisotopic (exact) mass is 283 g/mol. The van der Waals surface area contributed by atoms with Crippen molar-refractivity contribution < 1.29 is 9.59 Å². The Morgan fingerprint density at radius 2 is 2.05 bits per heavy atom. The van der Waals surface area contributed by atoms with Crippen LogP contribution < -0.4 is 11.1 Å². The molecule has 3 N–H and O–H groups in total. The van der Waals surface area contributed by atoms with Crippen molar-refractivity contribution >= 4 is 35.6 Å². The Morgan fingerprint density at radius 3 is 2.74 bits per heavy atom. The normalized spacial score (nSPS) is 14.7. The number of rotatable bonds is 3. The number of nitrogen functional groups attached to an aromatic ring is 1. The third-order valence-electron chi connectivity index (χ3n) is 2.99. The lowest BCUT2D eigenvalue weighted by Gasteiger charge is -2.26. The van der Waals surface area contributed by atoms with E-state index in [1.165, 1.54) is 0 Å². The molecule has 0 spiro atoms. The molecular formula is C13H18ClN3O2. The van der Waals surface area contributed by atoms with E-state index >= 15 is 0 Å². The highest BCUT2D eigenvalue weighted by Gasteiger charge is 2.20. The SMILES string of the molecule is Cl.Nc1ccccc1NC(=O)CN1CCCCC1=O. The fourth-order valence-corrected chi connectivity index (χ4v) is 2.00. The molecule has 0 aliphatic carbocycles. The van der Waals surface area contributed by atoms with Gasteiger partial charge < -0.3 is 16.0 Å². The first kappa shape index (κ1) is 15.3. The van der Waals surface area contributed by atoms with Gasteiger partial charge in [-0.1, -0.05) is 12.1 Å². The number of carbonyl (C=O) groups is 2. The third-order valence-corrected chi connectivity index (χ3v) is 2.99. The Labute approximate surface area is 118 Å². The number of anilines is 2. The van der Waals surface area contributed by atoms with E-state index in [1.54, 1.807) is 29.2 Å². The largest absolute Gasteiger partial charge is 0.397 e. The first-order valence-electron chi connectivity index (χ1n) is 6.09. The van der Waals surface area contributed by atoms with Crippen LogP contribution in [0, 0.1) is 0 Å². The first-order chi connectivity index (χ1) is 8.66. The zero-order valence-electron chi connectivity index (χ0n) is 10.6. The number of hydrogen-bond donors (Lipinski definition) is 2. The van der Waals surface area contributed by atoms with Crippen LogP contribution in [0.1, 0.15) is 19.3 Å². The van der Waals surface area contributed by atoms with Gasteiger partial charge in [-0.3, -0.25) is 9.59 Å². The second-order valence-electron chi connectivity index (χ2n) is 4.41. The summed E-state index contributed by atoms with van der Waals surface area (Å²) < 4.78 is 0. The minimum Gasteiger partial charge on any atom is -0.397 e. The Hall–Kier alpha value is -1.75. The van der Waals surface area contributed by atoms with Gasteiger partial charge in [-0.25, -0.2) is 0 Å². The minimum atomic E-state index is -0.205. The number of likely N-dealkylation sites (tertiary alicyclic amines) is 1. The summed E-state index contributed by atoms with van der Waals surface area (Å²) in [5.41, 5.74) is 6.85. The molecular weight excluding hydrogens is 266 g/mol. The summed E-state index contributed by atoms with van der Waals surface area (Å²) in [6.07, 6.45) is 2.43. The molecule has 0 unspecified atom stereocenters. The molecule has 1 heterocycles. The molecule has 104 valence electrons. The number of nitrogens with two attached hydrogens (primary N) is 1. The molecule has 1 aromatic carbocycles. The number of para-hydroxylation sites is 2. The summed E-state index contributed by atoms with van der Waals surface area (Å²) in [6, 6.07) is 7.07. The molecule has 0 bridgehead atoms. The van der Waals surface area contributed by atoms with Gasteiger partial charge in [0.25, 0.3) is 0 Å². The van der Waals surface area contributed by atoms with Crippen molar-refractivity contribution in [3.63, 3.8) is 0 Å². The van der Waals surface area contributed by atoms with E-state index < -0.39 is 0 Å². The van der Waals surface area contributed by atoms with Crippen LogP contribution in [-0.4, -0.2) is 29.8 Å². The zero-order chi connectivity index (χ0) is 13.0. The van der Waals surface area contributed by atoms with E-state index in [1.807, 2.05) is 0 Å². The van der Waals surface area contributed by atoms with Crippen LogP contribution in [0.2, 0.25) is 0 Å². The van der Waals surface area contributed by atoms with Gasteiger partial charge in [0.05, 0.1) is 17.9 Å². The van der Waals surface area contributed by atoms with Crippen LogP contribution in [0.4, 0.5) is 11.4 Å². The fraction of sp³-hybridized carbons (Fsp3) is 0.385. The van der Waals surface area contributed by atoms with Gasteiger partial charge in [-0.15, -0.1) is 12.4 Å². The van der Waals surface area contributed by atoms with Gasteiger partial charge in [0.2, 0.25) is 11.8 Å². The fourth-order valence-electron chi connectivity index (χ4n) is 2.00. The molecule has 1 aromatic rings. The predicted octanol–water partition coefficient (Wildman–Crippen LogP) is 1.64. The number of amides is 2. The van der Waals surface area contributed by atoms with E-state index in [0.717, 1.165) is 12.8 Å². The van der Waals surface area contributed by atoms with E-state index in [9.17, 15) is 9.59 Å². The molecule has 19 heavy (non-hydrogen) atoms. The molecule has 0 atom stereocenters. The van der Waals surface area contributed by atoms with Crippen LogP contribution in [0.15, 0.2) is 24.3 Å².